The molecule has 1 aromatic rings. The maximum Gasteiger partial charge on any atom is 0.243 e. The Morgan fingerprint density at radius 2 is 1.90 bits per heavy atom. The molecule has 0 radical (unpaired) electrons. The summed E-state index contributed by atoms with van der Waals surface area (Å²) in [6, 6.07) is 7.73. The molecule has 0 saturated carbocycles. The van der Waals surface area contributed by atoms with Gasteiger partial charge in [-0.25, -0.2) is 8.42 Å². The van der Waals surface area contributed by atoms with Gasteiger partial charge < -0.3 is 5.32 Å². The van der Waals surface area contributed by atoms with Gasteiger partial charge in [0.2, 0.25) is 10.0 Å². The molecule has 4 nitrogen and oxygen atoms in total. The molecule has 5 heteroatoms. The van der Waals surface area contributed by atoms with Crippen molar-refractivity contribution in [3.05, 3.63) is 42.0 Å². The van der Waals surface area contributed by atoms with Crippen molar-refractivity contribution in [2.45, 2.75) is 37.6 Å². The van der Waals surface area contributed by atoms with E-state index in [9.17, 15) is 8.42 Å². The normalized spacial score (nSPS) is 16.5. The summed E-state index contributed by atoms with van der Waals surface area (Å²) in [5, 5.41) is 3.36. The van der Waals surface area contributed by atoms with Gasteiger partial charge in [-0.15, -0.1) is 0 Å². The van der Waals surface area contributed by atoms with Crippen LogP contribution in [0, 0.1) is 0 Å². The fraction of sp³-hybridized carbons (Fsp3) is 0.500. The van der Waals surface area contributed by atoms with Gasteiger partial charge in [0.05, 0.1) is 4.90 Å². The van der Waals surface area contributed by atoms with Gasteiger partial charge >= 0.3 is 0 Å². The monoisotopic (exact) mass is 308 g/mol. The molecule has 0 atom stereocenters. The van der Waals surface area contributed by atoms with Gasteiger partial charge in [-0.2, -0.15) is 4.31 Å². The predicted molar refractivity (Wildman–Crippen MR) is 85.8 cm³/mol. The van der Waals surface area contributed by atoms with Crippen LogP contribution in [0.15, 0.2) is 41.3 Å². The van der Waals surface area contributed by atoms with E-state index in [1.54, 1.807) is 12.1 Å². The van der Waals surface area contributed by atoms with E-state index in [1.807, 2.05) is 24.3 Å². The zero-order valence-electron chi connectivity index (χ0n) is 12.7. The van der Waals surface area contributed by atoms with Crippen LogP contribution in [0.1, 0.15) is 25.8 Å². The molecule has 0 spiro atoms. The van der Waals surface area contributed by atoms with Crippen LogP contribution in [0.25, 0.3) is 0 Å². The Morgan fingerprint density at radius 1 is 1.19 bits per heavy atom. The summed E-state index contributed by atoms with van der Waals surface area (Å²) in [6.07, 6.45) is 5.63. The van der Waals surface area contributed by atoms with Gasteiger partial charge in [-0.05, 0) is 37.1 Å². The molecular formula is C16H24N2O2S. The summed E-state index contributed by atoms with van der Waals surface area (Å²) in [4.78, 5) is 0.387. The minimum absolute atomic E-state index is 0.387. The van der Waals surface area contributed by atoms with Crippen LogP contribution >= 0.6 is 0 Å². The summed E-state index contributed by atoms with van der Waals surface area (Å²) in [6.45, 7) is 6.17. The third-order valence-corrected chi connectivity index (χ3v) is 5.43. The highest BCUT2D eigenvalue weighted by molar-refractivity contribution is 7.89. The Balaban J connectivity index is 2.02. The smallest absolute Gasteiger partial charge is 0.243 e. The summed E-state index contributed by atoms with van der Waals surface area (Å²) < 4.78 is 26.5. The van der Waals surface area contributed by atoms with Crippen molar-refractivity contribution in [3.63, 3.8) is 0 Å². The van der Waals surface area contributed by atoms with Crippen molar-refractivity contribution in [1.29, 1.82) is 0 Å². The number of benzene rings is 1. The summed E-state index contributed by atoms with van der Waals surface area (Å²) in [5.74, 6) is 0. The highest BCUT2D eigenvalue weighted by atomic mass is 32.2. The van der Waals surface area contributed by atoms with E-state index in [1.165, 1.54) is 4.31 Å². The average molecular weight is 308 g/mol. The molecule has 0 saturated heterocycles. The molecule has 1 aliphatic heterocycles. The van der Waals surface area contributed by atoms with Crippen LogP contribution in [0.2, 0.25) is 0 Å². The Hall–Kier alpha value is -1.17. The van der Waals surface area contributed by atoms with E-state index in [2.05, 4.69) is 19.2 Å². The van der Waals surface area contributed by atoms with E-state index >= 15 is 0 Å². The van der Waals surface area contributed by atoms with Crippen molar-refractivity contribution in [2.75, 3.05) is 19.6 Å². The van der Waals surface area contributed by atoms with Crippen molar-refractivity contribution in [1.82, 2.24) is 9.62 Å². The average Bonchev–Trinajstić information content (AvgIpc) is 2.48. The van der Waals surface area contributed by atoms with Crippen molar-refractivity contribution in [2.24, 2.45) is 0 Å². The van der Waals surface area contributed by atoms with Gasteiger partial charge in [-0.1, -0.05) is 38.1 Å². The third kappa shape index (κ3) is 4.40. The molecule has 21 heavy (non-hydrogen) atoms. The maximum atomic E-state index is 12.5. The first-order valence-corrected chi connectivity index (χ1v) is 8.91. The largest absolute Gasteiger partial charge is 0.314 e. The van der Waals surface area contributed by atoms with Crippen molar-refractivity contribution in [3.8, 4) is 0 Å². The van der Waals surface area contributed by atoms with Crippen LogP contribution in [-0.2, 0) is 16.4 Å². The van der Waals surface area contributed by atoms with Crippen LogP contribution in [-0.4, -0.2) is 38.4 Å². The second-order valence-corrected chi connectivity index (χ2v) is 7.56. The van der Waals surface area contributed by atoms with E-state index < -0.39 is 10.0 Å². The van der Waals surface area contributed by atoms with Crippen LogP contribution in [0.5, 0.6) is 0 Å². The van der Waals surface area contributed by atoms with Gasteiger partial charge in [0, 0.05) is 19.1 Å². The number of nitrogens with zero attached hydrogens (tertiary/aromatic N) is 1. The Kier molecular flexibility index (Phi) is 5.56. The molecule has 1 N–H and O–H groups in total. The molecule has 0 aliphatic carbocycles. The fourth-order valence-corrected chi connectivity index (χ4v) is 3.73. The van der Waals surface area contributed by atoms with Gasteiger partial charge in [-0.3, -0.25) is 0 Å². The van der Waals surface area contributed by atoms with E-state index in [-0.39, 0.29) is 0 Å². The SMILES string of the molecule is CC(C)NCCc1ccc(S(=O)(=O)N2CC=CCC2)cc1. The number of hydrogen-bond donors (Lipinski definition) is 1. The third-order valence-electron chi connectivity index (χ3n) is 3.55. The molecule has 0 bridgehead atoms. The minimum Gasteiger partial charge on any atom is -0.314 e. The number of nitrogens with one attached hydrogen (secondary N) is 1. The highest BCUT2D eigenvalue weighted by Gasteiger charge is 2.23. The van der Waals surface area contributed by atoms with Gasteiger partial charge in [0.15, 0.2) is 0 Å². The Morgan fingerprint density at radius 3 is 2.48 bits per heavy atom. The first kappa shape index (κ1) is 16.2. The molecule has 0 unspecified atom stereocenters. The molecule has 1 aromatic carbocycles. The lowest BCUT2D eigenvalue weighted by atomic mass is 10.1. The first-order valence-electron chi connectivity index (χ1n) is 7.47. The lowest BCUT2D eigenvalue weighted by Gasteiger charge is -2.22. The van der Waals surface area contributed by atoms with E-state index in [0.29, 0.717) is 24.0 Å². The topological polar surface area (TPSA) is 49.4 Å². The second kappa shape index (κ2) is 7.20. The van der Waals surface area contributed by atoms with Gasteiger partial charge in [0.25, 0.3) is 0 Å². The lowest BCUT2D eigenvalue weighted by Crippen LogP contribution is -2.33. The number of rotatable bonds is 6. The molecule has 1 aliphatic rings. The predicted octanol–water partition coefficient (Wildman–Crippen LogP) is 2.18. The van der Waals surface area contributed by atoms with Crippen LogP contribution in [0.3, 0.4) is 0 Å². The number of hydrogen-bond acceptors (Lipinski definition) is 3. The Bertz CT molecular complexity index is 577. The molecule has 0 amide bonds. The second-order valence-electron chi connectivity index (χ2n) is 5.63. The molecule has 2 rings (SSSR count). The zero-order chi connectivity index (χ0) is 15.3. The first-order chi connectivity index (χ1) is 10.00. The molecule has 0 aromatic heterocycles. The molecule has 116 valence electrons. The lowest BCUT2D eigenvalue weighted by molar-refractivity contribution is 0.437. The Labute approximate surface area is 127 Å². The number of sulfonamides is 1. The minimum atomic E-state index is -3.35. The molecule has 0 fully saturated rings. The van der Waals surface area contributed by atoms with E-state index in [0.717, 1.165) is 24.9 Å². The van der Waals surface area contributed by atoms with Crippen molar-refractivity contribution >= 4 is 10.0 Å². The standard InChI is InChI=1S/C16H24N2O2S/c1-14(2)17-11-10-15-6-8-16(9-7-15)21(19,20)18-12-4-3-5-13-18/h3-4,6-9,14,17H,5,10-13H2,1-2H3. The van der Waals surface area contributed by atoms with Crippen LogP contribution < -0.4 is 5.32 Å². The fourth-order valence-electron chi connectivity index (χ4n) is 2.32. The summed E-state index contributed by atoms with van der Waals surface area (Å²) >= 11 is 0. The molecular weight excluding hydrogens is 284 g/mol. The summed E-state index contributed by atoms with van der Waals surface area (Å²) in [7, 11) is -3.35. The highest BCUT2D eigenvalue weighted by Crippen LogP contribution is 2.18. The quantitative estimate of drug-likeness (QED) is 0.820. The van der Waals surface area contributed by atoms with Crippen LogP contribution in [0.4, 0.5) is 0 Å². The summed E-state index contributed by atoms with van der Waals surface area (Å²) in [5.41, 5.74) is 1.15. The maximum absolute atomic E-state index is 12.5. The van der Waals surface area contributed by atoms with E-state index in [4.69, 9.17) is 0 Å². The molecule has 1 heterocycles. The van der Waals surface area contributed by atoms with Gasteiger partial charge in [0.1, 0.15) is 0 Å². The zero-order valence-corrected chi connectivity index (χ0v) is 13.6. The van der Waals surface area contributed by atoms with Crippen molar-refractivity contribution < 1.29 is 8.42 Å².